The van der Waals surface area contributed by atoms with Gasteiger partial charge in [0.05, 0.1) is 24.7 Å². The van der Waals surface area contributed by atoms with Gasteiger partial charge in [-0.05, 0) is 31.9 Å². The summed E-state index contributed by atoms with van der Waals surface area (Å²) < 4.78 is 31.2. The van der Waals surface area contributed by atoms with Crippen molar-refractivity contribution in [3.8, 4) is 5.75 Å². The van der Waals surface area contributed by atoms with Crippen LogP contribution < -0.4 is 10.3 Å². The van der Waals surface area contributed by atoms with Crippen LogP contribution in [-0.2, 0) is 29.8 Å². The molecule has 1 saturated heterocycles. The Balaban J connectivity index is 1.57. The fourth-order valence-corrected chi connectivity index (χ4v) is 6.82. The SMILES string of the molecule is CC(=O)CCc1ccccc1OP(=O)(C[C@@H](C)C(C)=O)OC[C@H]1O[C@@H](c2cnc3c(N)ncnn23)C(Cl)(Cl)[C@H]1O. The third-order valence-electron chi connectivity index (χ3n) is 6.62. The number of nitrogen functional groups attached to an aromatic ring is 1. The van der Waals surface area contributed by atoms with Gasteiger partial charge in [-0.1, -0.05) is 48.3 Å². The van der Waals surface area contributed by atoms with Gasteiger partial charge >= 0.3 is 7.60 Å². The topological polar surface area (TPSA) is 168 Å². The molecule has 3 N–H and O–H groups in total. The Morgan fingerprint density at radius 2 is 2.00 bits per heavy atom. The highest BCUT2D eigenvalue weighted by atomic mass is 35.5. The number of nitrogens with two attached hydrogens (primary N) is 1. The van der Waals surface area contributed by atoms with E-state index in [4.69, 9.17) is 42.7 Å². The number of carbonyl (C=O) groups is 2. The first-order valence-electron chi connectivity index (χ1n) is 12.5. The van der Waals surface area contributed by atoms with E-state index in [1.165, 1.54) is 30.9 Å². The van der Waals surface area contributed by atoms with Gasteiger partial charge in [-0.3, -0.25) is 9.32 Å². The first-order chi connectivity index (χ1) is 18.8. The molecule has 5 atom stereocenters. The second kappa shape index (κ2) is 12.1. The second-order valence-corrected chi connectivity index (χ2v) is 13.2. The van der Waals surface area contributed by atoms with Crippen LogP contribution in [0.3, 0.4) is 0 Å². The maximum absolute atomic E-state index is 14.0. The van der Waals surface area contributed by atoms with Gasteiger partial charge in [-0.15, -0.1) is 0 Å². The van der Waals surface area contributed by atoms with E-state index in [9.17, 15) is 19.3 Å². The molecule has 1 aromatic carbocycles. The molecule has 1 aliphatic heterocycles. The van der Waals surface area contributed by atoms with E-state index in [1.807, 2.05) is 0 Å². The van der Waals surface area contributed by atoms with Crippen LogP contribution in [-0.4, -0.2) is 65.6 Å². The molecule has 1 aliphatic rings. The van der Waals surface area contributed by atoms with Crippen LogP contribution in [0, 0.1) is 5.92 Å². The Morgan fingerprint density at radius 3 is 2.70 bits per heavy atom. The smallest absolute Gasteiger partial charge is 0.380 e. The Morgan fingerprint density at radius 1 is 1.27 bits per heavy atom. The van der Waals surface area contributed by atoms with Crippen LogP contribution in [0.2, 0.25) is 0 Å². The number of Topliss-reactive ketones (excluding diaryl/α,β-unsaturated/α-hetero) is 2. The Bertz CT molecular complexity index is 1450. The number of carbonyl (C=O) groups excluding carboxylic acids is 2. The molecule has 15 heteroatoms. The number of nitrogens with zero attached hydrogens (tertiary/aromatic N) is 4. The summed E-state index contributed by atoms with van der Waals surface area (Å²) in [5.41, 5.74) is 7.07. The van der Waals surface area contributed by atoms with Crippen LogP contribution in [0.1, 0.15) is 44.6 Å². The summed E-state index contributed by atoms with van der Waals surface area (Å²) in [6.07, 6.45) is -0.697. The van der Waals surface area contributed by atoms with Crippen LogP contribution in [0.25, 0.3) is 5.65 Å². The van der Waals surface area contributed by atoms with Crippen LogP contribution in [0.4, 0.5) is 5.82 Å². The molecule has 216 valence electrons. The lowest BCUT2D eigenvalue weighted by Crippen LogP contribution is -2.37. The molecule has 0 amide bonds. The fourth-order valence-electron chi connectivity index (χ4n) is 4.20. The van der Waals surface area contributed by atoms with E-state index < -0.39 is 42.8 Å². The number of aryl methyl sites for hydroxylation is 1. The lowest BCUT2D eigenvalue weighted by atomic mass is 10.1. The molecule has 0 saturated carbocycles. The van der Waals surface area contributed by atoms with Gasteiger partial charge < -0.3 is 24.9 Å². The number of ether oxygens (including phenoxy) is 1. The highest BCUT2D eigenvalue weighted by molar-refractivity contribution is 7.54. The first-order valence-corrected chi connectivity index (χ1v) is 15.0. The summed E-state index contributed by atoms with van der Waals surface area (Å²) in [7, 11) is -4.01. The van der Waals surface area contributed by atoms with Gasteiger partial charge in [0.1, 0.15) is 42.0 Å². The number of anilines is 1. The second-order valence-electron chi connectivity index (χ2n) is 9.74. The predicted molar refractivity (Wildman–Crippen MR) is 148 cm³/mol. The Labute approximate surface area is 240 Å². The third-order valence-corrected chi connectivity index (χ3v) is 9.47. The maximum Gasteiger partial charge on any atom is 0.380 e. The van der Waals surface area contributed by atoms with Crippen LogP contribution in [0.5, 0.6) is 5.75 Å². The van der Waals surface area contributed by atoms with Crippen LogP contribution >= 0.6 is 30.8 Å². The Hall–Kier alpha value is -2.60. The summed E-state index contributed by atoms with van der Waals surface area (Å²) in [4.78, 5) is 31.6. The summed E-state index contributed by atoms with van der Waals surface area (Å²) >= 11 is 13.1. The number of aliphatic hydroxyl groups is 1. The monoisotopic (exact) mass is 613 g/mol. The normalized spacial score (nSPS) is 22.6. The van der Waals surface area contributed by atoms with E-state index in [-0.39, 0.29) is 41.4 Å². The third kappa shape index (κ3) is 6.48. The van der Waals surface area contributed by atoms with Gasteiger partial charge in [-0.25, -0.2) is 19.0 Å². The molecule has 12 nitrogen and oxygen atoms in total. The van der Waals surface area contributed by atoms with Gasteiger partial charge in [0.2, 0.25) is 0 Å². The fraction of sp³-hybridized carbons (Fsp3) is 0.480. The number of aromatic nitrogens is 4. The number of aliphatic hydroxyl groups excluding tert-OH is 1. The molecular weight excluding hydrogens is 584 g/mol. The first kappa shape index (κ1) is 30.4. The van der Waals surface area contributed by atoms with Crippen molar-refractivity contribution in [2.45, 2.75) is 56.3 Å². The zero-order valence-corrected chi connectivity index (χ0v) is 24.5. The molecule has 0 radical (unpaired) electrons. The van der Waals surface area contributed by atoms with E-state index in [1.54, 1.807) is 31.2 Å². The standard InChI is InChI=1S/C25H30Cl2N5O7P/c1-14(16(3)34)12-40(36,39-19-7-5-4-6-17(19)9-8-15(2)33)37-11-20-21(35)25(26,27)22(38-20)18-10-29-24-23(28)30-13-31-32(18)24/h4-7,10,13-14,20-22,35H,8-9,11-12H2,1-3H3,(H2,28,30,31)/t14-,20-,21+,22+,40?/m1/s1. The molecule has 4 rings (SSSR count). The highest BCUT2D eigenvalue weighted by Crippen LogP contribution is 2.53. The molecule has 3 heterocycles. The number of ketones is 2. The predicted octanol–water partition coefficient (Wildman–Crippen LogP) is 3.72. The van der Waals surface area contributed by atoms with E-state index in [0.717, 1.165) is 0 Å². The minimum atomic E-state index is -4.01. The summed E-state index contributed by atoms with van der Waals surface area (Å²) in [6, 6.07) is 6.84. The molecule has 1 fully saturated rings. The van der Waals surface area contributed by atoms with Crippen molar-refractivity contribution in [1.29, 1.82) is 0 Å². The molecule has 40 heavy (non-hydrogen) atoms. The van der Waals surface area contributed by atoms with Gasteiger partial charge in [0, 0.05) is 12.3 Å². The molecule has 1 unspecified atom stereocenters. The number of benzene rings is 1. The number of imidazole rings is 1. The van der Waals surface area contributed by atoms with Crippen LogP contribution in [0.15, 0.2) is 36.8 Å². The van der Waals surface area contributed by atoms with Gasteiger partial charge in [0.25, 0.3) is 0 Å². The number of halogens is 2. The zero-order valence-electron chi connectivity index (χ0n) is 22.1. The quantitative estimate of drug-likeness (QED) is 0.225. The highest BCUT2D eigenvalue weighted by Gasteiger charge is 2.56. The van der Waals surface area contributed by atoms with E-state index in [0.29, 0.717) is 17.7 Å². The largest absolute Gasteiger partial charge is 0.424 e. The van der Waals surface area contributed by atoms with E-state index in [2.05, 4.69) is 15.1 Å². The minimum Gasteiger partial charge on any atom is -0.424 e. The number of hydrogen-bond donors (Lipinski definition) is 2. The number of fused-ring (bicyclic) bond motifs is 1. The average Bonchev–Trinajstić information content (AvgIpc) is 3.41. The number of hydrogen-bond acceptors (Lipinski definition) is 11. The Kier molecular flexibility index (Phi) is 9.18. The molecule has 0 bridgehead atoms. The summed E-state index contributed by atoms with van der Waals surface area (Å²) in [6.45, 7) is 4.05. The molecule has 0 spiro atoms. The van der Waals surface area contributed by atoms with Crippen molar-refractivity contribution in [2.75, 3.05) is 18.5 Å². The van der Waals surface area contributed by atoms with Crippen molar-refractivity contribution >= 4 is 53.8 Å². The minimum absolute atomic E-state index is 0.00731. The number of para-hydroxylation sites is 1. The van der Waals surface area contributed by atoms with Gasteiger partial charge in [0.15, 0.2) is 15.8 Å². The molecular formula is C25H30Cl2N5O7P. The lowest BCUT2D eigenvalue weighted by molar-refractivity contribution is -0.120. The maximum atomic E-state index is 14.0. The van der Waals surface area contributed by atoms with Crippen molar-refractivity contribution < 1.29 is 33.0 Å². The average molecular weight is 614 g/mol. The number of rotatable bonds is 12. The van der Waals surface area contributed by atoms with Crippen molar-refractivity contribution in [1.82, 2.24) is 19.6 Å². The lowest BCUT2D eigenvalue weighted by Gasteiger charge is -2.25. The molecule has 3 aromatic rings. The number of alkyl halides is 2. The summed E-state index contributed by atoms with van der Waals surface area (Å²) in [5.74, 6) is -0.479. The zero-order chi connectivity index (χ0) is 29.2. The summed E-state index contributed by atoms with van der Waals surface area (Å²) in [5, 5.41) is 15.1. The van der Waals surface area contributed by atoms with E-state index >= 15 is 0 Å². The van der Waals surface area contributed by atoms with Crippen molar-refractivity contribution in [2.24, 2.45) is 5.92 Å². The van der Waals surface area contributed by atoms with Crippen molar-refractivity contribution in [3.05, 3.63) is 48.0 Å². The van der Waals surface area contributed by atoms with Crippen molar-refractivity contribution in [3.63, 3.8) is 0 Å². The molecule has 2 aromatic heterocycles. The van der Waals surface area contributed by atoms with Gasteiger partial charge in [-0.2, -0.15) is 5.10 Å². The molecule has 0 aliphatic carbocycles.